The van der Waals surface area contributed by atoms with Gasteiger partial charge in [0.1, 0.15) is 5.82 Å². The number of carbonyl (C=O) groups excluding carboxylic acids is 1. The molecular formula is C19H21ClFNO4S. The van der Waals surface area contributed by atoms with Crippen LogP contribution in [0, 0.1) is 12.7 Å². The van der Waals surface area contributed by atoms with Crippen molar-refractivity contribution in [3.63, 3.8) is 0 Å². The molecule has 0 bridgehead atoms. The third kappa shape index (κ3) is 5.51. The van der Waals surface area contributed by atoms with Crippen molar-refractivity contribution in [3.8, 4) is 0 Å². The van der Waals surface area contributed by atoms with E-state index in [9.17, 15) is 17.6 Å². The predicted octanol–water partition coefficient (Wildman–Crippen LogP) is 3.93. The van der Waals surface area contributed by atoms with Gasteiger partial charge in [0.2, 0.25) is 10.0 Å². The lowest BCUT2D eigenvalue weighted by atomic mass is 10.2. The van der Waals surface area contributed by atoms with Crippen LogP contribution in [0.3, 0.4) is 0 Å². The second kappa shape index (κ2) is 9.30. The van der Waals surface area contributed by atoms with Crippen molar-refractivity contribution in [2.75, 3.05) is 13.2 Å². The number of hydrogen-bond donors (Lipinski definition) is 0. The largest absolute Gasteiger partial charge is 0.466 e. The fourth-order valence-corrected chi connectivity index (χ4v) is 4.18. The first-order chi connectivity index (χ1) is 12.8. The highest BCUT2D eigenvalue weighted by molar-refractivity contribution is 7.89. The Bertz CT molecular complexity index is 918. The number of nitrogens with zero attached hydrogens (tertiary/aromatic N) is 1. The van der Waals surface area contributed by atoms with Gasteiger partial charge in [0.25, 0.3) is 0 Å². The van der Waals surface area contributed by atoms with Gasteiger partial charge in [-0.3, -0.25) is 4.79 Å². The van der Waals surface area contributed by atoms with Crippen molar-refractivity contribution in [1.29, 1.82) is 0 Å². The lowest BCUT2D eigenvalue weighted by molar-refractivity contribution is -0.143. The topological polar surface area (TPSA) is 63.7 Å². The molecule has 0 N–H and O–H groups in total. The first-order valence-electron chi connectivity index (χ1n) is 8.41. The van der Waals surface area contributed by atoms with E-state index in [0.717, 1.165) is 10.4 Å². The lowest BCUT2D eigenvalue weighted by Crippen LogP contribution is -2.33. The summed E-state index contributed by atoms with van der Waals surface area (Å²) < 4.78 is 45.8. The number of benzene rings is 2. The van der Waals surface area contributed by atoms with Crippen molar-refractivity contribution in [2.24, 2.45) is 0 Å². The van der Waals surface area contributed by atoms with Crippen LogP contribution in [0.15, 0.2) is 47.4 Å². The molecule has 0 saturated heterocycles. The van der Waals surface area contributed by atoms with Crippen LogP contribution in [0.5, 0.6) is 0 Å². The summed E-state index contributed by atoms with van der Waals surface area (Å²) in [6, 6.07) is 10.5. The molecule has 5 nitrogen and oxygen atoms in total. The first-order valence-corrected chi connectivity index (χ1v) is 10.2. The van der Waals surface area contributed by atoms with Gasteiger partial charge >= 0.3 is 5.97 Å². The number of ether oxygens (including phenoxy) is 1. The van der Waals surface area contributed by atoms with E-state index in [1.165, 1.54) is 19.1 Å². The average Bonchev–Trinajstić information content (AvgIpc) is 2.62. The molecular weight excluding hydrogens is 393 g/mol. The van der Waals surface area contributed by atoms with Crippen LogP contribution in [0.2, 0.25) is 5.02 Å². The van der Waals surface area contributed by atoms with Crippen molar-refractivity contribution in [3.05, 3.63) is 64.4 Å². The molecule has 2 aromatic carbocycles. The lowest BCUT2D eigenvalue weighted by Gasteiger charge is -2.23. The van der Waals surface area contributed by atoms with Crippen molar-refractivity contribution in [1.82, 2.24) is 4.31 Å². The first kappa shape index (κ1) is 21.3. The van der Waals surface area contributed by atoms with E-state index < -0.39 is 21.8 Å². The molecule has 2 aromatic rings. The molecule has 0 aliphatic rings. The number of rotatable bonds is 8. The standard InChI is InChI=1S/C19H21ClFNO4S/c1-3-26-19(23)10-11-22(13-15-6-4-5-7-17(15)20)27(24,25)16-8-9-18(21)14(2)12-16/h4-9,12H,3,10-11,13H2,1-2H3. The second-order valence-electron chi connectivity index (χ2n) is 5.90. The predicted molar refractivity (Wildman–Crippen MR) is 101 cm³/mol. The van der Waals surface area contributed by atoms with Gasteiger partial charge in [-0.05, 0) is 49.2 Å². The maximum absolute atomic E-state index is 13.5. The van der Waals surface area contributed by atoms with E-state index in [2.05, 4.69) is 0 Å². The van der Waals surface area contributed by atoms with Gasteiger partial charge in [-0.15, -0.1) is 0 Å². The molecule has 0 heterocycles. The minimum Gasteiger partial charge on any atom is -0.466 e. The van der Waals surface area contributed by atoms with Gasteiger partial charge in [-0.25, -0.2) is 12.8 Å². The molecule has 146 valence electrons. The Balaban J connectivity index is 2.35. The zero-order valence-corrected chi connectivity index (χ0v) is 16.7. The Morgan fingerprint density at radius 2 is 1.93 bits per heavy atom. The highest BCUT2D eigenvalue weighted by Gasteiger charge is 2.26. The van der Waals surface area contributed by atoms with Crippen LogP contribution < -0.4 is 0 Å². The minimum atomic E-state index is -3.97. The Labute approximate surface area is 163 Å². The Morgan fingerprint density at radius 3 is 2.56 bits per heavy atom. The van der Waals surface area contributed by atoms with Crippen LogP contribution >= 0.6 is 11.6 Å². The molecule has 0 spiro atoms. The minimum absolute atomic E-state index is 0.0160. The van der Waals surface area contributed by atoms with Gasteiger partial charge in [0.15, 0.2) is 0 Å². The van der Waals surface area contributed by atoms with Crippen molar-refractivity contribution in [2.45, 2.75) is 31.7 Å². The molecule has 8 heteroatoms. The fourth-order valence-electron chi connectivity index (χ4n) is 2.48. The molecule has 0 amide bonds. The highest BCUT2D eigenvalue weighted by Crippen LogP contribution is 2.24. The van der Waals surface area contributed by atoms with Crippen LogP contribution in [0.4, 0.5) is 4.39 Å². The summed E-state index contributed by atoms with van der Waals surface area (Å²) in [6.07, 6.45) is -0.0995. The van der Waals surface area contributed by atoms with Crippen LogP contribution in [0.1, 0.15) is 24.5 Å². The molecule has 0 saturated carbocycles. The van der Waals surface area contributed by atoms with Gasteiger partial charge in [-0.1, -0.05) is 29.8 Å². The quantitative estimate of drug-likeness (QED) is 0.615. The monoisotopic (exact) mass is 413 g/mol. The van der Waals surface area contributed by atoms with Crippen LogP contribution in [-0.2, 0) is 26.1 Å². The molecule has 0 fully saturated rings. The Hall–Kier alpha value is -1.96. The SMILES string of the molecule is CCOC(=O)CCN(Cc1ccccc1Cl)S(=O)(=O)c1ccc(F)c(C)c1. The molecule has 0 aliphatic carbocycles. The number of hydrogen-bond acceptors (Lipinski definition) is 4. The summed E-state index contributed by atoms with van der Waals surface area (Å²) in [5, 5.41) is 0.420. The van der Waals surface area contributed by atoms with E-state index in [0.29, 0.717) is 10.6 Å². The van der Waals surface area contributed by atoms with Gasteiger partial charge < -0.3 is 4.74 Å². The smallest absolute Gasteiger partial charge is 0.307 e. The molecule has 0 atom stereocenters. The van der Waals surface area contributed by atoms with E-state index in [-0.39, 0.29) is 36.6 Å². The van der Waals surface area contributed by atoms with E-state index in [4.69, 9.17) is 16.3 Å². The summed E-state index contributed by atoms with van der Waals surface area (Å²) in [5.41, 5.74) is 0.824. The van der Waals surface area contributed by atoms with Crippen LogP contribution in [0.25, 0.3) is 0 Å². The highest BCUT2D eigenvalue weighted by atomic mass is 35.5. The van der Waals surface area contributed by atoms with Crippen molar-refractivity contribution < 1.29 is 22.3 Å². The zero-order chi connectivity index (χ0) is 20.0. The number of esters is 1. The third-order valence-electron chi connectivity index (χ3n) is 3.94. The second-order valence-corrected chi connectivity index (χ2v) is 8.24. The zero-order valence-electron chi connectivity index (χ0n) is 15.1. The third-order valence-corrected chi connectivity index (χ3v) is 6.15. The Kier molecular flexibility index (Phi) is 7.35. The average molecular weight is 414 g/mol. The molecule has 0 aromatic heterocycles. The fraction of sp³-hybridized carbons (Fsp3) is 0.316. The Morgan fingerprint density at radius 1 is 1.22 bits per heavy atom. The van der Waals surface area contributed by atoms with Gasteiger partial charge in [0.05, 0.1) is 17.9 Å². The molecule has 27 heavy (non-hydrogen) atoms. The number of halogens is 2. The summed E-state index contributed by atoms with van der Waals surface area (Å²) in [4.78, 5) is 11.7. The molecule has 0 radical (unpaired) electrons. The van der Waals surface area contributed by atoms with Crippen molar-refractivity contribution >= 4 is 27.6 Å². The molecule has 0 aliphatic heterocycles. The number of carbonyl (C=O) groups is 1. The normalized spacial score (nSPS) is 11.6. The van der Waals surface area contributed by atoms with E-state index in [1.807, 2.05) is 0 Å². The summed E-state index contributed by atoms with van der Waals surface area (Å²) in [5.74, 6) is -0.981. The van der Waals surface area contributed by atoms with Gasteiger partial charge in [0, 0.05) is 18.1 Å². The number of aryl methyl sites for hydroxylation is 1. The van der Waals surface area contributed by atoms with E-state index in [1.54, 1.807) is 31.2 Å². The van der Waals surface area contributed by atoms with Gasteiger partial charge in [-0.2, -0.15) is 4.31 Å². The molecule has 2 rings (SSSR count). The van der Waals surface area contributed by atoms with E-state index >= 15 is 0 Å². The molecule has 0 unspecified atom stereocenters. The van der Waals surface area contributed by atoms with Crippen LogP contribution in [-0.4, -0.2) is 31.8 Å². The maximum atomic E-state index is 13.5. The summed E-state index contributed by atoms with van der Waals surface area (Å²) >= 11 is 6.16. The maximum Gasteiger partial charge on any atom is 0.307 e. The summed E-state index contributed by atoms with van der Waals surface area (Å²) in [6.45, 7) is 3.29. The number of sulfonamides is 1. The summed E-state index contributed by atoms with van der Waals surface area (Å²) in [7, 11) is -3.97.